The Balaban J connectivity index is 0.0000000814. The number of fused-ring (bicyclic) bond motifs is 35. The van der Waals surface area contributed by atoms with E-state index in [1.54, 1.807) is 36.0 Å². The van der Waals surface area contributed by atoms with E-state index < -0.39 is 6.98 Å². The lowest BCUT2D eigenvalue weighted by molar-refractivity contribution is -0.670. The minimum atomic E-state index is -2.22. The maximum Gasteiger partial charge on any atom is 0.376 e. The van der Waals surface area contributed by atoms with Crippen molar-refractivity contribution in [2.24, 2.45) is 6.98 Å². The number of nitrogens with zero attached hydrogens (tertiary/aromatic N) is 23. The van der Waals surface area contributed by atoms with E-state index in [0.29, 0.717) is 12.1 Å². The Morgan fingerprint density at radius 2 is 1.20 bits per heavy atom. The Kier molecular flexibility index (Phi) is 10.5. The van der Waals surface area contributed by atoms with Crippen molar-refractivity contribution in [2.45, 2.75) is 32.7 Å². The molecule has 20 aromatic rings. The fraction of sp³-hybridized carbons (Fsp3) is 0.0845. The molecular weight excluding hydrogens is 1240 g/mol. The minimum absolute atomic E-state index is 0.667. The summed E-state index contributed by atoms with van der Waals surface area (Å²) in [6.07, 6.45) is 44.4. The molecule has 0 atom stereocenters. The summed E-state index contributed by atoms with van der Waals surface area (Å²) in [7, 11) is 0. The molecule has 0 saturated carbocycles. The molecule has 0 N–H and O–H groups in total. The van der Waals surface area contributed by atoms with Crippen molar-refractivity contribution in [1.82, 2.24) is 85.7 Å². The molecule has 5 aliphatic rings. The van der Waals surface area contributed by atoms with Gasteiger partial charge in [-0.2, -0.15) is 17.8 Å². The Hall–Kier alpha value is -12.6. The summed E-state index contributed by atoms with van der Waals surface area (Å²) < 4.78 is 52.8. The average Bonchev–Trinajstić information content (AvgIpc) is 1.58. The largest absolute Gasteiger partial charge is 0.376 e. The van der Waals surface area contributed by atoms with Crippen LogP contribution in [0.3, 0.4) is 0 Å². The van der Waals surface area contributed by atoms with Crippen LogP contribution in [0.25, 0.3) is 126 Å². The van der Waals surface area contributed by atoms with Gasteiger partial charge in [-0.05, 0) is 102 Å². The summed E-state index contributed by atoms with van der Waals surface area (Å²) in [5, 5.41) is 1.93. The summed E-state index contributed by atoms with van der Waals surface area (Å²) in [5.74, 6) is 2.32. The predicted molar refractivity (Wildman–Crippen MR) is 358 cm³/mol. The zero-order chi connectivity index (χ0) is 65.4. The Morgan fingerprint density at radius 1 is 0.521 bits per heavy atom. The quantitative estimate of drug-likeness (QED) is 0.133. The van der Waals surface area contributed by atoms with E-state index in [9.17, 15) is 0 Å². The van der Waals surface area contributed by atoms with Crippen molar-refractivity contribution in [3.05, 3.63) is 256 Å². The molecule has 25 rings (SSSR count). The van der Waals surface area contributed by atoms with Crippen molar-refractivity contribution in [3.63, 3.8) is 0 Å². The monoisotopic (exact) mass is 1290 g/mol. The van der Waals surface area contributed by atoms with Crippen LogP contribution in [-0.4, -0.2) is 85.7 Å². The first kappa shape index (κ1) is 50.0. The van der Waals surface area contributed by atoms with E-state index in [0.717, 1.165) is 109 Å². The third kappa shape index (κ3) is 7.70. The van der Waals surface area contributed by atoms with E-state index in [1.807, 2.05) is 129 Å². The highest BCUT2D eigenvalue weighted by Crippen LogP contribution is 2.40. The first-order chi connectivity index (χ1) is 48.7. The van der Waals surface area contributed by atoms with E-state index in [4.69, 9.17) is 4.11 Å². The highest BCUT2D eigenvalue weighted by atomic mass is 32.1. The maximum absolute atomic E-state index is 7.91. The molecule has 0 saturated heterocycles. The van der Waals surface area contributed by atoms with Gasteiger partial charge in [0, 0.05) is 96.4 Å². The van der Waals surface area contributed by atoms with E-state index in [2.05, 4.69) is 177 Å². The van der Waals surface area contributed by atoms with Crippen molar-refractivity contribution < 1.29 is 26.4 Å². The molecule has 0 spiro atoms. The normalized spacial score (nSPS) is 13.6. The molecule has 25 heteroatoms. The number of thiazole rings is 2. The first-order valence-electron chi connectivity index (χ1n) is 32.6. The van der Waals surface area contributed by atoms with Gasteiger partial charge in [0.25, 0.3) is 27.6 Å². The van der Waals surface area contributed by atoms with Gasteiger partial charge in [0.15, 0.2) is 52.6 Å². The van der Waals surface area contributed by atoms with E-state index >= 15 is 0 Å². The van der Waals surface area contributed by atoms with E-state index in [1.165, 1.54) is 81.9 Å². The van der Waals surface area contributed by atoms with Gasteiger partial charge in [-0.15, -0.1) is 0 Å². The molecule has 0 aromatic carbocycles. The third-order valence-electron chi connectivity index (χ3n) is 18.8. The van der Waals surface area contributed by atoms with Crippen molar-refractivity contribution in [3.8, 4) is 55.7 Å². The number of pyridine rings is 7. The second-order valence-corrected chi connectivity index (χ2v) is 26.0. The zero-order valence-electron chi connectivity index (χ0n) is 53.5. The zero-order valence-corrected chi connectivity index (χ0v) is 52.1. The molecule has 0 fully saturated rings. The van der Waals surface area contributed by atoms with Crippen LogP contribution in [0.1, 0.15) is 32.6 Å². The Labute approximate surface area is 553 Å². The molecule has 20 aromatic heterocycles. The standard InChI is InChI=1S/C15H11N4S.3C14H10N5.C14H9N4S/c1-18-12-4-6-16-7-10(12)13-15(18)20-14-9-3-2-5-17-11(9)8-19(13)14;1-2-11-12(16-4-1)7-17-8-13-18(14(11)17)6-10-3-5-15-9-19(10)13;1-2-11-12(16-4-1)7-18-13(11)8-17-6-10-3-5-15-9-19(10)14(17)18;1-2-11-12(16-3-1)8-17-9-18-7-10-6-15-4-5-19(10)14(18)13(11)17;1-2-9-10(16-4-1)7-17-12(9)8-18-11-3-5-15-6-13(11)19-14(17)18/h2-7H,8H2,1H3;2*1-6,8-9H,7H2;1-7,9H,8H2;1-6,8H,7H2/q5*+1/i1D3;;;;. The molecule has 0 bridgehead atoms. The highest BCUT2D eigenvalue weighted by Gasteiger charge is 2.38. The van der Waals surface area contributed by atoms with Crippen LogP contribution >= 0.6 is 22.7 Å². The second kappa shape index (κ2) is 20.2. The van der Waals surface area contributed by atoms with Gasteiger partial charge in [-0.1, -0.05) is 0 Å². The van der Waals surface area contributed by atoms with Crippen LogP contribution in [0.15, 0.2) is 228 Å². The molecule has 0 aliphatic carbocycles. The fourth-order valence-electron chi connectivity index (χ4n) is 14.7. The highest BCUT2D eigenvalue weighted by molar-refractivity contribution is 7.23. The van der Waals surface area contributed by atoms with Crippen molar-refractivity contribution in [1.29, 1.82) is 0 Å². The van der Waals surface area contributed by atoms with E-state index in [-0.39, 0.29) is 0 Å². The van der Waals surface area contributed by atoms with Gasteiger partial charge in [-0.3, -0.25) is 48.8 Å². The summed E-state index contributed by atoms with van der Waals surface area (Å²) in [4.78, 5) is 45.3. The smallest absolute Gasteiger partial charge is 0.330 e. The summed E-state index contributed by atoms with van der Waals surface area (Å²) in [6, 6.07) is 28.3. The number of aryl methyl sites for hydroxylation is 1. The first-order valence-corrected chi connectivity index (χ1v) is 32.7. The summed E-state index contributed by atoms with van der Waals surface area (Å²) >= 11 is 3.29. The molecule has 23 nitrogen and oxygen atoms in total. The Morgan fingerprint density at radius 3 is 2.02 bits per heavy atom. The topological polar surface area (TPSA) is 186 Å². The molecule has 0 radical (unpaired) electrons. The van der Waals surface area contributed by atoms with Crippen molar-refractivity contribution in [2.75, 3.05) is 0 Å². The molecule has 456 valence electrons. The van der Waals surface area contributed by atoms with Crippen LogP contribution in [-0.2, 0) is 39.7 Å². The summed E-state index contributed by atoms with van der Waals surface area (Å²) in [6.45, 7) is 1.82. The minimum Gasteiger partial charge on any atom is -0.330 e. The molecule has 5 aliphatic heterocycles. The molecule has 25 heterocycles. The SMILES string of the molecule is [2H]C([2H])([2H])n1c2ccncc2c2c1sc1[n+]2Cc2ncccc2-1.c1cnc2c(c1)-c1c3n4ccncc4c[n+]3cn1C2.c1cnc2c(c1)-c1c[n+]3c4ccncc4sc3n1C2.c1cnc2c(c1)-c1c[n+]3cc4ccncn4c3n1C2.c1cnc2c(c1)-c1n3cc4ccncn4c3c[n+]1C2. The third-order valence-corrected chi connectivity index (χ3v) is 21.2. The van der Waals surface area contributed by atoms with Gasteiger partial charge < -0.3 is 4.57 Å². The van der Waals surface area contributed by atoms with Crippen molar-refractivity contribution >= 4 is 92.7 Å². The van der Waals surface area contributed by atoms with Gasteiger partial charge in [-0.25, -0.2) is 36.9 Å². The number of imidazole rings is 7. The lowest BCUT2D eigenvalue weighted by Crippen LogP contribution is -2.30. The van der Waals surface area contributed by atoms with Crippen LogP contribution in [0, 0.1) is 0 Å². The van der Waals surface area contributed by atoms with Gasteiger partial charge in [0.05, 0.1) is 74.5 Å². The van der Waals surface area contributed by atoms with Gasteiger partial charge in [0.2, 0.25) is 0 Å². The van der Waals surface area contributed by atoms with Gasteiger partial charge in [0.1, 0.15) is 85.1 Å². The van der Waals surface area contributed by atoms with Crippen LogP contribution in [0.4, 0.5) is 0 Å². The maximum atomic E-state index is 7.91. The summed E-state index contributed by atoms with van der Waals surface area (Å²) in [5.41, 5.74) is 23.9. The average molecular weight is 1290 g/mol. The molecular formula is C71H50N23S2+5. The predicted octanol–water partition coefficient (Wildman–Crippen LogP) is 8.65. The lowest BCUT2D eigenvalue weighted by Gasteiger charge is -1.93. The second-order valence-electron chi connectivity index (χ2n) is 24.0. The molecule has 0 amide bonds. The van der Waals surface area contributed by atoms with Crippen LogP contribution in [0.2, 0.25) is 0 Å². The number of aromatic nitrogens is 23. The number of rotatable bonds is 0. The van der Waals surface area contributed by atoms with Gasteiger partial charge >= 0.3 is 10.7 Å². The molecule has 96 heavy (non-hydrogen) atoms. The van der Waals surface area contributed by atoms with Crippen LogP contribution in [0.5, 0.6) is 0 Å². The Bertz CT molecular complexity index is 6740. The molecule has 0 unspecified atom stereocenters. The lowest BCUT2D eigenvalue weighted by atomic mass is 10.2. The fourth-order valence-corrected chi connectivity index (χ4v) is 17.0. The number of hydrogen-bond acceptors (Lipinski definition) is 12. The van der Waals surface area contributed by atoms with Crippen LogP contribution < -0.4 is 22.3 Å². The number of hydrogen-bond donors (Lipinski definition) is 0.